The van der Waals surface area contributed by atoms with Gasteiger partial charge in [-0.25, -0.2) is 0 Å². The Balaban J connectivity index is 1.63. The summed E-state index contributed by atoms with van der Waals surface area (Å²) in [5.74, 6) is 0.993. The van der Waals surface area contributed by atoms with E-state index < -0.39 is 0 Å². The summed E-state index contributed by atoms with van der Waals surface area (Å²) in [7, 11) is 0. The number of nitrogens with one attached hydrogen (secondary N) is 1. The molecule has 1 fully saturated rings. The third-order valence-electron chi connectivity index (χ3n) is 2.98. The molecule has 1 unspecified atom stereocenters. The third kappa shape index (κ3) is 3.92. The second-order valence-corrected chi connectivity index (χ2v) is 4.53. The van der Waals surface area contributed by atoms with Crippen LogP contribution in [0.1, 0.15) is 25.7 Å². The van der Waals surface area contributed by atoms with E-state index in [0.29, 0.717) is 6.04 Å². The van der Waals surface area contributed by atoms with Crippen molar-refractivity contribution in [1.82, 2.24) is 0 Å². The Kier molecular flexibility index (Phi) is 3.62. The Hall–Kier alpha value is -1.02. The Labute approximate surface area is 91.9 Å². The van der Waals surface area contributed by atoms with Crippen LogP contribution >= 0.6 is 0 Å². The summed E-state index contributed by atoms with van der Waals surface area (Å²) < 4.78 is 0. The van der Waals surface area contributed by atoms with Gasteiger partial charge in [-0.05, 0) is 30.9 Å². The van der Waals surface area contributed by atoms with Crippen LogP contribution in [-0.2, 0) is 0 Å². The predicted octanol–water partition coefficient (Wildman–Crippen LogP) is 2.62. The number of para-hydroxylation sites is 1. The van der Waals surface area contributed by atoms with Crippen molar-refractivity contribution in [3.8, 4) is 0 Å². The fourth-order valence-electron chi connectivity index (χ4n) is 1.76. The average molecular weight is 204 g/mol. The van der Waals surface area contributed by atoms with Crippen LogP contribution in [0.2, 0.25) is 0 Å². The van der Waals surface area contributed by atoms with Crippen molar-refractivity contribution in [2.24, 2.45) is 11.7 Å². The topological polar surface area (TPSA) is 38.0 Å². The second-order valence-electron chi connectivity index (χ2n) is 4.53. The maximum atomic E-state index is 6.04. The molecule has 1 aliphatic rings. The maximum absolute atomic E-state index is 6.04. The van der Waals surface area contributed by atoms with E-state index in [1.165, 1.54) is 24.9 Å². The predicted molar refractivity (Wildman–Crippen MR) is 64.9 cm³/mol. The van der Waals surface area contributed by atoms with Crippen LogP contribution in [0.3, 0.4) is 0 Å². The SMILES string of the molecule is NC(CCC1CC1)CNc1ccccc1. The van der Waals surface area contributed by atoms with Crippen LogP contribution < -0.4 is 11.1 Å². The first-order chi connectivity index (χ1) is 7.34. The molecule has 0 aliphatic heterocycles. The molecular weight excluding hydrogens is 184 g/mol. The molecule has 2 rings (SSSR count). The van der Waals surface area contributed by atoms with Gasteiger partial charge in [0.15, 0.2) is 0 Å². The molecule has 1 atom stereocenters. The normalized spacial score (nSPS) is 17.4. The number of anilines is 1. The van der Waals surface area contributed by atoms with Crippen molar-refractivity contribution in [3.63, 3.8) is 0 Å². The number of hydrogen-bond donors (Lipinski definition) is 2. The van der Waals surface area contributed by atoms with E-state index >= 15 is 0 Å². The lowest BCUT2D eigenvalue weighted by molar-refractivity contribution is 0.570. The van der Waals surface area contributed by atoms with Crippen molar-refractivity contribution in [2.75, 3.05) is 11.9 Å². The highest BCUT2D eigenvalue weighted by molar-refractivity contribution is 5.42. The Morgan fingerprint density at radius 3 is 2.67 bits per heavy atom. The van der Waals surface area contributed by atoms with Gasteiger partial charge in [-0.2, -0.15) is 0 Å². The Morgan fingerprint density at radius 2 is 2.00 bits per heavy atom. The van der Waals surface area contributed by atoms with Crippen LogP contribution in [-0.4, -0.2) is 12.6 Å². The molecule has 2 heteroatoms. The molecule has 15 heavy (non-hydrogen) atoms. The smallest absolute Gasteiger partial charge is 0.0340 e. The molecule has 1 aliphatic carbocycles. The first-order valence-electron chi connectivity index (χ1n) is 5.89. The van der Waals surface area contributed by atoms with E-state index in [0.717, 1.165) is 18.9 Å². The van der Waals surface area contributed by atoms with Crippen LogP contribution in [0.4, 0.5) is 5.69 Å². The number of rotatable bonds is 6. The van der Waals surface area contributed by atoms with E-state index in [4.69, 9.17) is 5.73 Å². The summed E-state index contributed by atoms with van der Waals surface area (Å²) in [4.78, 5) is 0. The second kappa shape index (κ2) is 5.17. The lowest BCUT2D eigenvalue weighted by Crippen LogP contribution is -2.29. The van der Waals surface area contributed by atoms with Crippen molar-refractivity contribution in [3.05, 3.63) is 30.3 Å². The van der Waals surface area contributed by atoms with Crippen LogP contribution in [0, 0.1) is 5.92 Å². The molecule has 1 aromatic carbocycles. The van der Waals surface area contributed by atoms with Gasteiger partial charge in [0.25, 0.3) is 0 Å². The highest BCUT2D eigenvalue weighted by Crippen LogP contribution is 2.33. The van der Waals surface area contributed by atoms with Crippen molar-refractivity contribution >= 4 is 5.69 Å². The van der Waals surface area contributed by atoms with E-state index in [1.54, 1.807) is 0 Å². The van der Waals surface area contributed by atoms with Crippen molar-refractivity contribution in [2.45, 2.75) is 31.7 Å². The van der Waals surface area contributed by atoms with Gasteiger partial charge in [-0.3, -0.25) is 0 Å². The first kappa shape index (κ1) is 10.5. The summed E-state index contributed by atoms with van der Waals surface area (Å²) in [6.45, 7) is 0.886. The van der Waals surface area contributed by atoms with Gasteiger partial charge in [0.05, 0.1) is 0 Å². The van der Waals surface area contributed by atoms with Crippen LogP contribution in [0.25, 0.3) is 0 Å². The molecule has 0 bridgehead atoms. The highest BCUT2D eigenvalue weighted by Gasteiger charge is 2.21. The fourth-order valence-corrected chi connectivity index (χ4v) is 1.76. The average Bonchev–Trinajstić information content (AvgIpc) is 3.09. The van der Waals surface area contributed by atoms with E-state index in [2.05, 4.69) is 17.4 Å². The highest BCUT2D eigenvalue weighted by atomic mass is 14.9. The number of nitrogens with two attached hydrogens (primary N) is 1. The largest absolute Gasteiger partial charge is 0.383 e. The van der Waals surface area contributed by atoms with Crippen molar-refractivity contribution in [1.29, 1.82) is 0 Å². The molecule has 0 aromatic heterocycles. The monoisotopic (exact) mass is 204 g/mol. The number of benzene rings is 1. The summed E-state index contributed by atoms with van der Waals surface area (Å²) in [6.07, 6.45) is 5.33. The summed E-state index contributed by atoms with van der Waals surface area (Å²) in [5, 5.41) is 3.36. The molecule has 3 N–H and O–H groups in total. The van der Waals surface area contributed by atoms with E-state index in [9.17, 15) is 0 Å². The minimum Gasteiger partial charge on any atom is -0.383 e. The summed E-state index contributed by atoms with van der Waals surface area (Å²) in [5.41, 5.74) is 7.20. The minimum atomic E-state index is 0.297. The Morgan fingerprint density at radius 1 is 1.27 bits per heavy atom. The van der Waals surface area contributed by atoms with E-state index in [-0.39, 0.29) is 0 Å². The zero-order valence-electron chi connectivity index (χ0n) is 9.15. The molecule has 1 aromatic rings. The van der Waals surface area contributed by atoms with Gasteiger partial charge in [-0.15, -0.1) is 0 Å². The standard InChI is InChI=1S/C13H20N2/c14-12(9-8-11-6-7-11)10-15-13-4-2-1-3-5-13/h1-5,11-12,15H,6-10,14H2. The molecule has 1 saturated carbocycles. The minimum absolute atomic E-state index is 0.297. The summed E-state index contributed by atoms with van der Waals surface area (Å²) in [6, 6.07) is 10.6. The Bertz CT molecular complexity index is 280. The van der Waals surface area contributed by atoms with Gasteiger partial charge < -0.3 is 11.1 Å². The van der Waals surface area contributed by atoms with E-state index in [1.807, 2.05) is 18.2 Å². The number of hydrogen-bond acceptors (Lipinski definition) is 2. The van der Waals surface area contributed by atoms with Gasteiger partial charge in [-0.1, -0.05) is 31.0 Å². The molecule has 2 nitrogen and oxygen atoms in total. The molecule has 0 spiro atoms. The van der Waals surface area contributed by atoms with Crippen LogP contribution in [0.5, 0.6) is 0 Å². The van der Waals surface area contributed by atoms with Crippen LogP contribution in [0.15, 0.2) is 30.3 Å². The van der Waals surface area contributed by atoms with Crippen molar-refractivity contribution < 1.29 is 0 Å². The molecule has 0 radical (unpaired) electrons. The molecule has 0 saturated heterocycles. The molecule has 82 valence electrons. The zero-order valence-corrected chi connectivity index (χ0v) is 9.15. The summed E-state index contributed by atoms with van der Waals surface area (Å²) >= 11 is 0. The molecule has 0 amide bonds. The molecular formula is C13H20N2. The molecule has 0 heterocycles. The lowest BCUT2D eigenvalue weighted by Gasteiger charge is -2.13. The van der Waals surface area contributed by atoms with Gasteiger partial charge in [0, 0.05) is 18.3 Å². The fraction of sp³-hybridized carbons (Fsp3) is 0.538. The maximum Gasteiger partial charge on any atom is 0.0340 e. The van der Waals surface area contributed by atoms with Gasteiger partial charge in [0.2, 0.25) is 0 Å². The third-order valence-corrected chi connectivity index (χ3v) is 2.98. The van der Waals surface area contributed by atoms with Gasteiger partial charge in [0.1, 0.15) is 0 Å². The quantitative estimate of drug-likeness (QED) is 0.747. The zero-order chi connectivity index (χ0) is 10.5. The first-order valence-corrected chi connectivity index (χ1v) is 5.89. The van der Waals surface area contributed by atoms with Gasteiger partial charge >= 0.3 is 0 Å². The lowest BCUT2D eigenvalue weighted by atomic mass is 10.1.